The van der Waals surface area contributed by atoms with Crippen LogP contribution in [-0.4, -0.2) is 29.2 Å². The molecule has 6 heteroatoms. The molecule has 0 saturated heterocycles. The summed E-state index contributed by atoms with van der Waals surface area (Å²) in [5.41, 5.74) is 3.11. The van der Waals surface area contributed by atoms with Crippen molar-refractivity contribution in [3.8, 4) is 0 Å². The lowest BCUT2D eigenvalue weighted by atomic mass is 10.1. The van der Waals surface area contributed by atoms with Crippen LogP contribution in [0.2, 0.25) is 0 Å². The van der Waals surface area contributed by atoms with Crippen molar-refractivity contribution in [1.82, 2.24) is 9.55 Å². The third kappa shape index (κ3) is 3.49. The van der Waals surface area contributed by atoms with Gasteiger partial charge in [-0.15, -0.1) is 11.3 Å². The van der Waals surface area contributed by atoms with Crippen molar-refractivity contribution in [2.24, 2.45) is 0 Å². The van der Waals surface area contributed by atoms with E-state index >= 15 is 0 Å². The number of anilines is 1. The molecule has 0 aliphatic carbocycles. The van der Waals surface area contributed by atoms with E-state index in [0.29, 0.717) is 18.2 Å². The molecule has 24 heavy (non-hydrogen) atoms. The van der Waals surface area contributed by atoms with Gasteiger partial charge in [-0.3, -0.25) is 4.79 Å². The summed E-state index contributed by atoms with van der Waals surface area (Å²) < 4.78 is 7.31. The smallest absolute Gasteiger partial charge is 0.230 e. The molecule has 0 unspecified atom stereocenters. The van der Waals surface area contributed by atoms with Gasteiger partial charge in [0.25, 0.3) is 0 Å². The van der Waals surface area contributed by atoms with Crippen molar-refractivity contribution in [2.75, 3.05) is 19.0 Å². The molecule has 126 valence electrons. The number of para-hydroxylation sites is 1. The number of benzene rings is 1. The highest BCUT2D eigenvalue weighted by molar-refractivity contribution is 7.15. The van der Waals surface area contributed by atoms with Gasteiger partial charge in [0.15, 0.2) is 5.13 Å². The van der Waals surface area contributed by atoms with Crippen LogP contribution in [0.15, 0.2) is 30.5 Å². The minimum Gasteiger partial charge on any atom is -0.383 e. The fourth-order valence-electron chi connectivity index (χ4n) is 2.70. The van der Waals surface area contributed by atoms with E-state index in [9.17, 15) is 4.79 Å². The Labute approximate surface area is 145 Å². The fraction of sp³-hybridized carbons (Fsp3) is 0.333. The van der Waals surface area contributed by atoms with E-state index in [2.05, 4.69) is 27.0 Å². The average molecular weight is 343 g/mol. The van der Waals surface area contributed by atoms with E-state index in [1.807, 2.05) is 32.2 Å². The predicted octanol–water partition coefficient (Wildman–Crippen LogP) is 3.54. The summed E-state index contributed by atoms with van der Waals surface area (Å²) >= 11 is 1.51. The molecular formula is C18H21N3O2S. The molecule has 0 bridgehead atoms. The van der Waals surface area contributed by atoms with Gasteiger partial charge in [-0.25, -0.2) is 4.98 Å². The molecule has 2 aromatic heterocycles. The number of fused-ring (bicyclic) bond motifs is 1. The fourth-order valence-corrected chi connectivity index (χ4v) is 3.53. The molecule has 3 rings (SSSR count). The molecule has 1 aromatic carbocycles. The molecule has 0 aliphatic rings. The van der Waals surface area contributed by atoms with E-state index in [1.54, 1.807) is 7.11 Å². The van der Waals surface area contributed by atoms with Gasteiger partial charge in [0, 0.05) is 35.6 Å². The second-order valence-corrected chi connectivity index (χ2v) is 6.95. The van der Waals surface area contributed by atoms with Crippen LogP contribution in [0, 0.1) is 13.8 Å². The number of hydrogen-bond donors (Lipinski definition) is 1. The second kappa shape index (κ2) is 7.15. The summed E-state index contributed by atoms with van der Waals surface area (Å²) in [5, 5.41) is 4.68. The molecule has 0 saturated carbocycles. The molecular weight excluding hydrogens is 322 g/mol. The Hall–Kier alpha value is -2.18. The Balaban J connectivity index is 1.80. The van der Waals surface area contributed by atoms with Crippen molar-refractivity contribution in [2.45, 2.75) is 26.8 Å². The molecule has 0 aliphatic heterocycles. The number of amides is 1. The highest BCUT2D eigenvalue weighted by atomic mass is 32.1. The minimum absolute atomic E-state index is 0.0432. The summed E-state index contributed by atoms with van der Waals surface area (Å²) in [6.45, 7) is 5.36. The zero-order valence-corrected chi connectivity index (χ0v) is 14.9. The summed E-state index contributed by atoms with van der Waals surface area (Å²) in [7, 11) is 1.69. The van der Waals surface area contributed by atoms with Gasteiger partial charge in [0.2, 0.25) is 5.91 Å². The van der Waals surface area contributed by atoms with Crippen LogP contribution >= 0.6 is 11.3 Å². The summed E-state index contributed by atoms with van der Waals surface area (Å²) in [4.78, 5) is 17.9. The number of nitrogens with zero attached hydrogens (tertiary/aromatic N) is 2. The Morgan fingerprint density at radius 3 is 2.83 bits per heavy atom. The Morgan fingerprint density at radius 2 is 2.12 bits per heavy atom. The number of rotatable bonds is 6. The van der Waals surface area contributed by atoms with Crippen LogP contribution in [0.5, 0.6) is 0 Å². The first kappa shape index (κ1) is 16.7. The minimum atomic E-state index is -0.0432. The molecule has 0 atom stereocenters. The molecule has 0 spiro atoms. The third-order valence-electron chi connectivity index (χ3n) is 4.03. The number of nitrogens with one attached hydrogen (secondary N) is 1. The second-order valence-electron chi connectivity index (χ2n) is 5.74. The highest BCUT2D eigenvalue weighted by Gasteiger charge is 2.13. The summed E-state index contributed by atoms with van der Waals surface area (Å²) in [6, 6.07) is 8.13. The number of aryl methyl sites for hydroxylation is 2. The molecule has 0 fully saturated rings. The van der Waals surface area contributed by atoms with Crippen LogP contribution in [0.1, 0.15) is 16.1 Å². The van der Waals surface area contributed by atoms with Gasteiger partial charge >= 0.3 is 0 Å². The Bertz CT molecular complexity index is 847. The number of aromatic nitrogens is 2. The van der Waals surface area contributed by atoms with Crippen LogP contribution in [-0.2, 0) is 22.5 Å². The van der Waals surface area contributed by atoms with Crippen molar-refractivity contribution in [3.05, 3.63) is 46.6 Å². The van der Waals surface area contributed by atoms with Gasteiger partial charge in [-0.1, -0.05) is 18.2 Å². The lowest BCUT2D eigenvalue weighted by molar-refractivity contribution is -0.115. The van der Waals surface area contributed by atoms with Crippen LogP contribution in [0.25, 0.3) is 10.9 Å². The van der Waals surface area contributed by atoms with E-state index < -0.39 is 0 Å². The summed E-state index contributed by atoms with van der Waals surface area (Å²) in [6.07, 6.45) is 2.37. The van der Waals surface area contributed by atoms with Gasteiger partial charge in [-0.2, -0.15) is 0 Å². The monoisotopic (exact) mass is 343 g/mol. The maximum absolute atomic E-state index is 12.4. The molecule has 3 aromatic rings. The standard InChI is InChI=1S/C18H21N3O2S/c1-12-13(2)24-18(19-12)20-17(22)10-14-11-21(8-9-23-3)16-7-5-4-6-15(14)16/h4-7,11H,8-10H2,1-3H3,(H,19,20,22). The van der Waals surface area contributed by atoms with Crippen LogP contribution < -0.4 is 5.32 Å². The first-order valence-corrected chi connectivity index (χ1v) is 8.69. The average Bonchev–Trinajstić information content (AvgIpc) is 3.06. The first-order valence-electron chi connectivity index (χ1n) is 7.88. The van der Waals surface area contributed by atoms with Crippen molar-refractivity contribution >= 4 is 33.3 Å². The lowest BCUT2D eigenvalue weighted by Crippen LogP contribution is -2.14. The van der Waals surface area contributed by atoms with Gasteiger partial charge in [0.1, 0.15) is 0 Å². The van der Waals surface area contributed by atoms with Gasteiger partial charge in [-0.05, 0) is 25.5 Å². The zero-order valence-electron chi connectivity index (χ0n) is 14.1. The third-order valence-corrected chi connectivity index (χ3v) is 5.02. The van der Waals surface area contributed by atoms with Crippen LogP contribution in [0.4, 0.5) is 5.13 Å². The quantitative estimate of drug-likeness (QED) is 0.745. The number of ether oxygens (including phenoxy) is 1. The number of hydrogen-bond acceptors (Lipinski definition) is 4. The normalized spacial score (nSPS) is 11.1. The lowest BCUT2D eigenvalue weighted by Gasteiger charge is -2.03. The molecule has 0 radical (unpaired) electrons. The molecule has 2 heterocycles. The number of carbonyl (C=O) groups is 1. The van der Waals surface area contributed by atoms with E-state index in [0.717, 1.165) is 33.6 Å². The van der Waals surface area contributed by atoms with Crippen molar-refractivity contribution in [3.63, 3.8) is 0 Å². The predicted molar refractivity (Wildman–Crippen MR) is 97.7 cm³/mol. The van der Waals surface area contributed by atoms with Gasteiger partial charge < -0.3 is 14.6 Å². The maximum Gasteiger partial charge on any atom is 0.230 e. The largest absolute Gasteiger partial charge is 0.383 e. The Morgan fingerprint density at radius 1 is 1.33 bits per heavy atom. The molecule has 1 amide bonds. The number of carbonyl (C=O) groups excluding carboxylic acids is 1. The maximum atomic E-state index is 12.4. The topological polar surface area (TPSA) is 56.1 Å². The molecule has 5 nitrogen and oxygen atoms in total. The first-order chi connectivity index (χ1) is 11.6. The van der Waals surface area contributed by atoms with E-state index in [4.69, 9.17) is 4.74 Å². The van der Waals surface area contributed by atoms with Crippen molar-refractivity contribution < 1.29 is 9.53 Å². The highest BCUT2D eigenvalue weighted by Crippen LogP contribution is 2.24. The summed E-state index contributed by atoms with van der Waals surface area (Å²) in [5.74, 6) is -0.0432. The number of methoxy groups -OCH3 is 1. The van der Waals surface area contributed by atoms with Gasteiger partial charge in [0.05, 0.1) is 18.7 Å². The van der Waals surface area contributed by atoms with Crippen molar-refractivity contribution in [1.29, 1.82) is 0 Å². The zero-order chi connectivity index (χ0) is 17.1. The van der Waals surface area contributed by atoms with Crippen LogP contribution in [0.3, 0.4) is 0 Å². The van der Waals surface area contributed by atoms with E-state index in [1.165, 1.54) is 11.3 Å². The SMILES string of the molecule is COCCn1cc(CC(=O)Nc2nc(C)c(C)s2)c2ccccc21. The Kier molecular flexibility index (Phi) is 4.97. The van der Waals surface area contributed by atoms with E-state index in [-0.39, 0.29) is 5.91 Å². The molecule has 1 N–H and O–H groups in total. The number of thiazole rings is 1.